The van der Waals surface area contributed by atoms with Crippen LogP contribution in [0.1, 0.15) is 47.9 Å². The number of rotatable bonds is 10. The number of carbonyl (C=O) groups is 2. The van der Waals surface area contributed by atoms with Gasteiger partial charge in [0.1, 0.15) is 17.4 Å². The quantitative estimate of drug-likeness (QED) is 0.274. The predicted octanol–water partition coefficient (Wildman–Crippen LogP) is 3.75. The molecule has 4 aromatic rings. The topological polar surface area (TPSA) is 130 Å². The molecule has 5 rings (SSSR count). The van der Waals surface area contributed by atoms with Crippen molar-refractivity contribution < 1.29 is 22.4 Å². The zero-order valence-corrected chi connectivity index (χ0v) is 24.8. The Morgan fingerprint density at radius 3 is 2.58 bits per heavy atom. The average molecular weight is 603 g/mol. The summed E-state index contributed by atoms with van der Waals surface area (Å²) in [6, 6.07) is 19.2. The lowest BCUT2D eigenvalue weighted by Gasteiger charge is -2.39. The first-order valence-electron chi connectivity index (χ1n) is 14.4. The van der Waals surface area contributed by atoms with Crippen LogP contribution >= 0.6 is 0 Å². The highest BCUT2D eigenvalue weighted by molar-refractivity contribution is 7.89. The molecule has 0 radical (unpaired) electrons. The van der Waals surface area contributed by atoms with Gasteiger partial charge in [0.2, 0.25) is 15.9 Å². The van der Waals surface area contributed by atoms with Gasteiger partial charge in [-0.1, -0.05) is 56.2 Å². The van der Waals surface area contributed by atoms with Crippen LogP contribution < -0.4 is 10.9 Å². The molecule has 224 valence electrons. The summed E-state index contributed by atoms with van der Waals surface area (Å²) >= 11 is 0. The molecule has 1 N–H and O–H groups in total. The fourth-order valence-electron chi connectivity index (χ4n) is 5.17. The summed E-state index contributed by atoms with van der Waals surface area (Å²) in [5.41, 5.74) is 0.585. The van der Waals surface area contributed by atoms with E-state index in [9.17, 15) is 22.8 Å². The van der Waals surface area contributed by atoms with Crippen LogP contribution in [0.2, 0.25) is 0 Å². The molecule has 3 heterocycles. The zero-order chi connectivity index (χ0) is 30.4. The van der Waals surface area contributed by atoms with Gasteiger partial charge in [0.15, 0.2) is 0 Å². The second kappa shape index (κ2) is 13.3. The van der Waals surface area contributed by atoms with Crippen molar-refractivity contribution in [1.29, 1.82) is 0 Å². The van der Waals surface area contributed by atoms with Crippen molar-refractivity contribution in [3.05, 3.63) is 106 Å². The van der Waals surface area contributed by atoms with Crippen molar-refractivity contribution in [3.8, 4) is 0 Å². The highest BCUT2D eigenvalue weighted by Crippen LogP contribution is 2.25. The van der Waals surface area contributed by atoms with Gasteiger partial charge in [-0.3, -0.25) is 14.6 Å². The molecular weight excluding hydrogens is 568 g/mol. The number of unbranched alkanes of at least 4 members (excludes halogenated alkanes) is 2. The van der Waals surface area contributed by atoms with Crippen LogP contribution in [0, 0.1) is 0 Å². The predicted molar refractivity (Wildman–Crippen MR) is 162 cm³/mol. The Balaban J connectivity index is 1.40. The van der Waals surface area contributed by atoms with Gasteiger partial charge in [0.05, 0.1) is 10.4 Å². The number of piperazine rings is 1. The summed E-state index contributed by atoms with van der Waals surface area (Å²) in [5, 5.41) is 3.47. The summed E-state index contributed by atoms with van der Waals surface area (Å²) in [6.07, 6.45) is 5.13. The van der Waals surface area contributed by atoms with Crippen LogP contribution in [0.5, 0.6) is 0 Å². The van der Waals surface area contributed by atoms with Gasteiger partial charge in [-0.15, -0.1) is 0 Å². The number of hydrogen-bond acceptors (Lipinski definition) is 7. The Labute approximate surface area is 250 Å². The van der Waals surface area contributed by atoms with E-state index in [1.165, 1.54) is 23.1 Å². The van der Waals surface area contributed by atoms with E-state index in [4.69, 9.17) is 4.42 Å². The maximum absolute atomic E-state index is 13.9. The molecule has 1 atom stereocenters. The highest BCUT2D eigenvalue weighted by Gasteiger charge is 2.42. The van der Waals surface area contributed by atoms with Crippen LogP contribution in [-0.4, -0.2) is 60.1 Å². The first-order valence-corrected chi connectivity index (χ1v) is 15.8. The van der Waals surface area contributed by atoms with Crippen molar-refractivity contribution >= 4 is 32.7 Å². The molecular formula is C32H34N4O6S. The lowest BCUT2D eigenvalue weighted by molar-refractivity contribution is -0.126. The fraction of sp³-hybridized carbons (Fsp3) is 0.312. The monoisotopic (exact) mass is 602 g/mol. The maximum Gasteiger partial charge on any atom is 0.348 e. The first kappa shape index (κ1) is 30.1. The number of sulfonamides is 1. The van der Waals surface area contributed by atoms with E-state index in [1.54, 1.807) is 30.5 Å². The Kier molecular flexibility index (Phi) is 9.32. The molecule has 1 aliphatic rings. The molecule has 2 amide bonds. The van der Waals surface area contributed by atoms with E-state index < -0.39 is 33.5 Å². The number of fused-ring (bicyclic) bond motifs is 1. The minimum absolute atomic E-state index is 0.00659. The Morgan fingerprint density at radius 2 is 1.81 bits per heavy atom. The number of hydrogen-bond donors (Lipinski definition) is 1. The smallest absolute Gasteiger partial charge is 0.348 e. The number of pyridine rings is 1. The molecule has 0 saturated carbocycles. The number of amides is 2. The Hall–Kier alpha value is -4.35. The molecule has 1 unspecified atom stereocenters. The van der Waals surface area contributed by atoms with Crippen LogP contribution in [0.15, 0.2) is 93.1 Å². The molecule has 2 aromatic heterocycles. The number of aryl methyl sites for hydroxylation is 1. The van der Waals surface area contributed by atoms with Gasteiger partial charge in [0.25, 0.3) is 5.91 Å². The summed E-state index contributed by atoms with van der Waals surface area (Å²) in [7, 11) is -4.14. The van der Waals surface area contributed by atoms with Crippen LogP contribution in [0.3, 0.4) is 0 Å². The molecule has 10 nitrogen and oxygen atoms in total. The molecule has 2 aromatic carbocycles. The van der Waals surface area contributed by atoms with Gasteiger partial charge >= 0.3 is 5.63 Å². The summed E-state index contributed by atoms with van der Waals surface area (Å²) in [5.74, 6) is -0.649. The minimum atomic E-state index is -4.14. The number of nitrogens with zero attached hydrogens (tertiary/aromatic N) is 3. The Morgan fingerprint density at radius 1 is 1.00 bits per heavy atom. The molecule has 0 bridgehead atoms. The molecule has 1 fully saturated rings. The SMILES string of the molecule is CCCCCc1ccc(C(=O)N2CCN(S(=O)(=O)c3ccc4ncccc4c3)C(C(=O)NCc3ccccc3)C2)c(=O)o1. The number of carbonyl (C=O) groups excluding carboxylic acids is 2. The lowest BCUT2D eigenvalue weighted by atomic mass is 10.1. The lowest BCUT2D eigenvalue weighted by Crippen LogP contribution is -2.61. The highest BCUT2D eigenvalue weighted by atomic mass is 32.2. The van der Waals surface area contributed by atoms with E-state index in [0.29, 0.717) is 23.1 Å². The third-order valence-electron chi connectivity index (χ3n) is 7.55. The normalized spacial score (nSPS) is 15.8. The van der Waals surface area contributed by atoms with Crippen LogP contribution in [0.4, 0.5) is 0 Å². The standard InChI is InChI=1S/C32H34N4O6S/c1-2-3-5-12-25-13-15-27(32(39)42-25)31(38)35-18-19-36(29(22-35)30(37)34-21-23-9-6-4-7-10-23)43(40,41)26-14-16-28-24(20-26)11-8-17-33-28/h4,6-11,13-17,20,29H,2-3,5,12,18-19,21-22H2,1H3,(H,34,37). The van der Waals surface area contributed by atoms with E-state index in [2.05, 4.69) is 17.2 Å². The van der Waals surface area contributed by atoms with Crippen molar-refractivity contribution in [2.75, 3.05) is 19.6 Å². The van der Waals surface area contributed by atoms with Crippen molar-refractivity contribution in [2.45, 2.75) is 50.1 Å². The van der Waals surface area contributed by atoms with Crippen LogP contribution in [-0.2, 0) is 27.8 Å². The van der Waals surface area contributed by atoms with E-state index in [0.717, 1.165) is 29.1 Å². The second-order valence-corrected chi connectivity index (χ2v) is 12.4. The summed E-state index contributed by atoms with van der Waals surface area (Å²) < 4.78 is 34.4. The molecule has 1 aliphatic heterocycles. The van der Waals surface area contributed by atoms with Crippen molar-refractivity contribution in [2.24, 2.45) is 0 Å². The first-order chi connectivity index (χ1) is 20.8. The number of nitrogens with one attached hydrogen (secondary N) is 1. The van der Waals surface area contributed by atoms with Crippen molar-refractivity contribution in [3.63, 3.8) is 0 Å². The van der Waals surface area contributed by atoms with Gasteiger partial charge in [-0.2, -0.15) is 4.31 Å². The van der Waals surface area contributed by atoms with Gasteiger partial charge in [-0.25, -0.2) is 13.2 Å². The number of aromatic nitrogens is 1. The largest absolute Gasteiger partial charge is 0.427 e. The molecule has 43 heavy (non-hydrogen) atoms. The van der Waals surface area contributed by atoms with Gasteiger partial charge < -0.3 is 14.6 Å². The van der Waals surface area contributed by atoms with E-state index in [1.807, 2.05) is 30.3 Å². The maximum atomic E-state index is 13.9. The van der Waals surface area contributed by atoms with E-state index in [-0.39, 0.29) is 36.6 Å². The summed E-state index contributed by atoms with van der Waals surface area (Å²) in [6.45, 7) is 1.89. The molecule has 11 heteroatoms. The van der Waals surface area contributed by atoms with Gasteiger partial charge in [0, 0.05) is 44.2 Å². The molecule has 0 spiro atoms. The molecule has 0 aliphatic carbocycles. The zero-order valence-electron chi connectivity index (χ0n) is 23.9. The number of benzene rings is 2. The van der Waals surface area contributed by atoms with Crippen molar-refractivity contribution in [1.82, 2.24) is 19.5 Å². The van der Waals surface area contributed by atoms with Gasteiger partial charge in [-0.05, 0) is 48.4 Å². The minimum Gasteiger partial charge on any atom is -0.427 e. The third-order valence-corrected chi connectivity index (χ3v) is 9.45. The Bertz CT molecular complexity index is 1770. The molecule has 1 saturated heterocycles. The van der Waals surface area contributed by atoms with Crippen LogP contribution in [0.25, 0.3) is 10.9 Å². The third kappa shape index (κ3) is 6.84. The summed E-state index contributed by atoms with van der Waals surface area (Å²) in [4.78, 5) is 45.4. The average Bonchev–Trinajstić information content (AvgIpc) is 3.03. The van der Waals surface area contributed by atoms with E-state index >= 15 is 0 Å². The second-order valence-electron chi connectivity index (χ2n) is 10.5. The fourth-order valence-corrected chi connectivity index (χ4v) is 6.78.